The van der Waals surface area contributed by atoms with Gasteiger partial charge in [-0.3, -0.25) is 4.79 Å². The van der Waals surface area contributed by atoms with Gasteiger partial charge in [-0.1, -0.05) is 67.9 Å². The molecule has 2 aromatic rings. The number of halogens is 1. The van der Waals surface area contributed by atoms with Crippen molar-refractivity contribution in [1.82, 2.24) is 9.62 Å². The molecule has 1 fully saturated rings. The topological polar surface area (TPSA) is 66.5 Å². The SMILES string of the molecule is CC(C)C[C@@H](NC(=O)C1CCN(S(=O)(=O)Cc2ccc(Cl)cc2)CC1)c1ccccc1. The van der Waals surface area contributed by atoms with Crippen LogP contribution in [-0.2, 0) is 20.6 Å². The van der Waals surface area contributed by atoms with Gasteiger partial charge in [0.2, 0.25) is 15.9 Å². The van der Waals surface area contributed by atoms with Crippen molar-refractivity contribution in [3.8, 4) is 0 Å². The Morgan fingerprint density at radius 2 is 1.68 bits per heavy atom. The van der Waals surface area contributed by atoms with E-state index in [-0.39, 0.29) is 23.6 Å². The Balaban J connectivity index is 1.57. The third kappa shape index (κ3) is 6.79. The first-order chi connectivity index (χ1) is 14.7. The summed E-state index contributed by atoms with van der Waals surface area (Å²) in [6, 6.07) is 16.9. The summed E-state index contributed by atoms with van der Waals surface area (Å²) in [7, 11) is -3.42. The lowest BCUT2D eigenvalue weighted by molar-refractivity contribution is -0.127. The molecule has 0 spiro atoms. The molecule has 1 N–H and O–H groups in total. The van der Waals surface area contributed by atoms with Gasteiger partial charge in [-0.05, 0) is 48.4 Å². The summed E-state index contributed by atoms with van der Waals surface area (Å²) in [5.74, 6) is 0.251. The molecule has 1 amide bonds. The fourth-order valence-corrected chi connectivity index (χ4v) is 5.69. The van der Waals surface area contributed by atoms with Crippen molar-refractivity contribution < 1.29 is 13.2 Å². The maximum absolute atomic E-state index is 13.0. The van der Waals surface area contributed by atoms with Gasteiger partial charge < -0.3 is 5.32 Å². The molecular formula is C24H31ClN2O3S. The van der Waals surface area contributed by atoms with Crippen LogP contribution in [0.25, 0.3) is 0 Å². The number of amides is 1. The second-order valence-electron chi connectivity index (χ2n) is 8.66. The fraction of sp³-hybridized carbons (Fsp3) is 0.458. The number of nitrogens with zero attached hydrogens (tertiary/aromatic N) is 1. The van der Waals surface area contributed by atoms with Gasteiger partial charge in [-0.2, -0.15) is 0 Å². The summed E-state index contributed by atoms with van der Waals surface area (Å²) in [6.45, 7) is 5.03. The Morgan fingerprint density at radius 1 is 1.06 bits per heavy atom. The maximum atomic E-state index is 13.0. The van der Waals surface area contributed by atoms with Crippen LogP contribution >= 0.6 is 11.6 Å². The first-order valence-electron chi connectivity index (χ1n) is 10.8. The number of carbonyl (C=O) groups excluding carboxylic acids is 1. The van der Waals surface area contributed by atoms with Gasteiger partial charge in [0, 0.05) is 24.0 Å². The minimum atomic E-state index is -3.42. The van der Waals surface area contributed by atoms with Gasteiger partial charge in [0.1, 0.15) is 0 Å². The van der Waals surface area contributed by atoms with Crippen LogP contribution in [0.5, 0.6) is 0 Å². The lowest BCUT2D eigenvalue weighted by Gasteiger charge is -2.32. The zero-order valence-electron chi connectivity index (χ0n) is 18.1. The molecule has 31 heavy (non-hydrogen) atoms. The van der Waals surface area contributed by atoms with Gasteiger partial charge in [-0.25, -0.2) is 12.7 Å². The minimum Gasteiger partial charge on any atom is -0.349 e. The number of hydrogen-bond donors (Lipinski definition) is 1. The molecule has 3 rings (SSSR count). The third-order valence-electron chi connectivity index (χ3n) is 5.71. The molecule has 1 atom stereocenters. The molecule has 5 nitrogen and oxygen atoms in total. The molecule has 0 unspecified atom stereocenters. The van der Waals surface area contributed by atoms with E-state index in [9.17, 15) is 13.2 Å². The van der Waals surface area contributed by atoms with Crippen molar-refractivity contribution in [2.24, 2.45) is 11.8 Å². The van der Waals surface area contributed by atoms with Crippen LogP contribution < -0.4 is 5.32 Å². The highest BCUT2D eigenvalue weighted by Gasteiger charge is 2.32. The van der Waals surface area contributed by atoms with Gasteiger partial charge in [0.25, 0.3) is 0 Å². The van der Waals surface area contributed by atoms with E-state index >= 15 is 0 Å². The summed E-state index contributed by atoms with van der Waals surface area (Å²) >= 11 is 5.88. The van der Waals surface area contributed by atoms with Crippen LogP contribution in [0.15, 0.2) is 54.6 Å². The number of piperidine rings is 1. The van der Waals surface area contributed by atoms with Crippen molar-refractivity contribution in [1.29, 1.82) is 0 Å². The van der Waals surface area contributed by atoms with Crippen LogP contribution in [-0.4, -0.2) is 31.7 Å². The van der Waals surface area contributed by atoms with Crippen LogP contribution in [0.4, 0.5) is 0 Å². The van der Waals surface area contributed by atoms with Gasteiger partial charge in [0.05, 0.1) is 11.8 Å². The van der Waals surface area contributed by atoms with Crippen molar-refractivity contribution in [3.05, 3.63) is 70.7 Å². The van der Waals surface area contributed by atoms with E-state index in [2.05, 4.69) is 19.2 Å². The molecule has 0 aromatic heterocycles. The van der Waals surface area contributed by atoms with E-state index in [1.54, 1.807) is 24.3 Å². The lowest BCUT2D eigenvalue weighted by atomic mass is 9.93. The number of rotatable bonds is 8. The molecule has 0 saturated carbocycles. The number of carbonyl (C=O) groups is 1. The number of hydrogen-bond acceptors (Lipinski definition) is 3. The molecule has 2 aromatic carbocycles. The van der Waals surface area contributed by atoms with E-state index in [0.717, 1.165) is 12.0 Å². The smallest absolute Gasteiger partial charge is 0.223 e. The minimum absolute atomic E-state index is 0.0178. The van der Waals surface area contributed by atoms with Crippen molar-refractivity contribution >= 4 is 27.5 Å². The Bertz CT molecular complexity index is 954. The third-order valence-corrected chi connectivity index (χ3v) is 7.81. The Hall–Kier alpha value is -1.89. The van der Waals surface area contributed by atoms with Gasteiger partial charge >= 0.3 is 0 Å². The fourth-order valence-electron chi connectivity index (χ4n) is 4.00. The van der Waals surface area contributed by atoms with Crippen molar-refractivity contribution in [2.75, 3.05) is 13.1 Å². The maximum Gasteiger partial charge on any atom is 0.223 e. The number of sulfonamides is 1. The van der Waals surface area contributed by atoms with E-state index in [1.807, 2.05) is 30.3 Å². The monoisotopic (exact) mass is 462 g/mol. The summed E-state index contributed by atoms with van der Waals surface area (Å²) in [5, 5.41) is 3.80. The highest BCUT2D eigenvalue weighted by molar-refractivity contribution is 7.88. The zero-order chi connectivity index (χ0) is 22.4. The highest BCUT2D eigenvalue weighted by atomic mass is 35.5. The Labute approximate surface area is 190 Å². The standard InChI is InChI=1S/C24H31ClN2O3S/c1-18(2)16-23(20-6-4-3-5-7-20)26-24(28)21-12-14-27(15-13-21)31(29,30)17-19-8-10-22(25)11-9-19/h3-11,18,21,23H,12-17H2,1-2H3,(H,26,28)/t23-/m1/s1. The Morgan fingerprint density at radius 3 is 2.26 bits per heavy atom. The molecule has 0 radical (unpaired) electrons. The molecule has 168 valence electrons. The van der Waals surface area contributed by atoms with E-state index in [0.29, 0.717) is 42.4 Å². The summed E-state index contributed by atoms with van der Waals surface area (Å²) in [5.41, 5.74) is 1.82. The van der Waals surface area contributed by atoms with Crippen LogP contribution in [0, 0.1) is 11.8 Å². The van der Waals surface area contributed by atoms with E-state index in [1.165, 1.54) is 4.31 Å². The molecular weight excluding hydrogens is 432 g/mol. The molecule has 1 heterocycles. The molecule has 1 saturated heterocycles. The quantitative estimate of drug-likeness (QED) is 0.613. The van der Waals surface area contributed by atoms with Crippen LogP contribution in [0.3, 0.4) is 0 Å². The molecule has 1 aliphatic heterocycles. The van der Waals surface area contributed by atoms with E-state index in [4.69, 9.17) is 11.6 Å². The summed E-state index contributed by atoms with van der Waals surface area (Å²) < 4.78 is 27.1. The van der Waals surface area contributed by atoms with Gasteiger partial charge in [-0.15, -0.1) is 0 Å². The number of nitrogens with one attached hydrogen (secondary N) is 1. The predicted molar refractivity (Wildman–Crippen MR) is 125 cm³/mol. The second-order valence-corrected chi connectivity index (χ2v) is 11.1. The molecule has 1 aliphatic rings. The van der Waals surface area contributed by atoms with Crippen LogP contribution in [0.2, 0.25) is 5.02 Å². The predicted octanol–water partition coefficient (Wildman–Crippen LogP) is 4.79. The average Bonchev–Trinajstić information content (AvgIpc) is 2.75. The first-order valence-corrected chi connectivity index (χ1v) is 12.8. The lowest BCUT2D eigenvalue weighted by Crippen LogP contribution is -2.44. The van der Waals surface area contributed by atoms with Crippen LogP contribution in [0.1, 0.15) is 50.3 Å². The van der Waals surface area contributed by atoms with Gasteiger partial charge in [0.15, 0.2) is 0 Å². The molecule has 0 aliphatic carbocycles. The second kappa shape index (κ2) is 10.6. The van der Waals surface area contributed by atoms with Crippen molar-refractivity contribution in [2.45, 2.75) is 44.9 Å². The first kappa shape index (κ1) is 23.8. The normalized spacial score (nSPS) is 16.9. The highest BCUT2D eigenvalue weighted by Crippen LogP contribution is 2.26. The molecule has 7 heteroatoms. The van der Waals surface area contributed by atoms with E-state index < -0.39 is 10.0 Å². The summed E-state index contributed by atoms with van der Waals surface area (Å²) in [6.07, 6.45) is 1.94. The zero-order valence-corrected chi connectivity index (χ0v) is 19.7. The number of benzene rings is 2. The molecule has 0 bridgehead atoms. The largest absolute Gasteiger partial charge is 0.349 e. The average molecular weight is 463 g/mol. The Kier molecular flexibility index (Phi) is 8.14. The van der Waals surface area contributed by atoms with Crippen molar-refractivity contribution in [3.63, 3.8) is 0 Å². The summed E-state index contributed by atoms with van der Waals surface area (Å²) in [4.78, 5) is 13.0.